The summed E-state index contributed by atoms with van der Waals surface area (Å²) in [6, 6.07) is 0. The highest BCUT2D eigenvalue weighted by molar-refractivity contribution is 5.80. The fourth-order valence-electron chi connectivity index (χ4n) is 3.43. The van der Waals surface area contributed by atoms with Gasteiger partial charge >= 0.3 is 0 Å². The first-order chi connectivity index (χ1) is 10.1. The number of hydrogen-bond donors (Lipinski definition) is 1. The molecule has 0 aromatic rings. The van der Waals surface area contributed by atoms with Crippen LogP contribution in [0, 0.1) is 11.8 Å². The van der Waals surface area contributed by atoms with Gasteiger partial charge in [-0.3, -0.25) is 9.59 Å². The third kappa shape index (κ3) is 4.43. The molecule has 0 radical (unpaired) electrons. The van der Waals surface area contributed by atoms with E-state index < -0.39 is 0 Å². The van der Waals surface area contributed by atoms with Crippen LogP contribution in [0.4, 0.5) is 0 Å². The highest BCUT2D eigenvalue weighted by Gasteiger charge is 2.31. The molecule has 2 fully saturated rings. The molecule has 0 bridgehead atoms. The van der Waals surface area contributed by atoms with E-state index in [1.807, 2.05) is 9.80 Å². The number of nitrogens with zero attached hydrogens (tertiary/aromatic N) is 2. The Morgan fingerprint density at radius 3 is 2.43 bits per heavy atom. The topological polar surface area (TPSA) is 52.7 Å². The van der Waals surface area contributed by atoms with E-state index in [0.29, 0.717) is 12.5 Å². The van der Waals surface area contributed by atoms with Gasteiger partial charge < -0.3 is 15.1 Å². The molecule has 21 heavy (non-hydrogen) atoms. The first kappa shape index (κ1) is 16.3. The second kappa shape index (κ2) is 7.78. The van der Waals surface area contributed by atoms with Gasteiger partial charge in [-0.15, -0.1) is 0 Å². The fraction of sp³-hybridized carbons (Fsp3) is 0.875. The summed E-state index contributed by atoms with van der Waals surface area (Å²) in [5.74, 6) is 1.08. The minimum absolute atomic E-state index is 0.0213. The van der Waals surface area contributed by atoms with Gasteiger partial charge in [-0.2, -0.15) is 0 Å². The summed E-state index contributed by atoms with van der Waals surface area (Å²) in [5.41, 5.74) is 0. The van der Waals surface area contributed by atoms with E-state index in [0.717, 1.165) is 58.4 Å². The van der Waals surface area contributed by atoms with Crippen LogP contribution in [0.5, 0.6) is 0 Å². The molecule has 2 amide bonds. The standard InChI is InChI=1S/C16H29N3O2/c1-3-17-11-14-6-9-18(10-7-14)16(21)15-5-4-8-19(12-15)13(2)20/h14-15,17H,3-12H2,1-2H3. The number of carbonyl (C=O) groups excluding carboxylic acids is 2. The molecule has 1 unspecified atom stereocenters. The third-order valence-corrected chi connectivity index (χ3v) is 4.83. The zero-order valence-corrected chi connectivity index (χ0v) is 13.4. The molecule has 1 N–H and O–H groups in total. The number of hydrogen-bond acceptors (Lipinski definition) is 3. The van der Waals surface area contributed by atoms with Crippen LogP contribution in [-0.2, 0) is 9.59 Å². The van der Waals surface area contributed by atoms with Crippen molar-refractivity contribution in [3.8, 4) is 0 Å². The van der Waals surface area contributed by atoms with Gasteiger partial charge in [0, 0.05) is 33.1 Å². The highest BCUT2D eigenvalue weighted by atomic mass is 16.2. The number of amides is 2. The summed E-state index contributed by atoms with van der Waals surface area (Å²) in [5, 5.41) is 3.40. The Balaban J connectivity index is 1.80. The van der Waals surface area contributed by atoms with Gasteiger partial charge in [0.05, 0.1) is 5.92 Å². The monoisotopic (exact) mass is 295 g/mol. The average Bonchev–Trinajstić information content (AvgIpc) is 2.53. The van der Waals surface area contributed by atoms with Crippen LogP contribution in [-0.4, -0.2) is 60.9 Å². The summed E-state index contributed by atoms with van der Waals surface area (Å²) in [6.45, 7) is 9.00. The van der Waals surface area contributed by atoms with Crippen molar-refractivity contribution in [2.45, 2.75) is 39.5 Å². The van der Waals surface area contributed by atoms with Crippen LogP contribution >= 0.6 is 0 Å². The Kier molecular flexibility index (Phi) is 6.03. The zero-order valence-electron chi connectivity index (χ0n) is 13.4. The normalized spacial score (nSPS) is 24.2. The number of nitrogens with one attached hydrogen (secondary N) is 1. The van der Waals surface area contributed by atoms with Gasteiger partial charge in [-0.25, -0.2) is 0 Å². The second-order valence-corrected chi connectivity index (χ2v) is 6.38. The van der Waals surface area contributed by atoms with E-state index in [9.17, 15) is 9.59 Å². The SMILES string of the molecule is CCNCC1CCN(C(=O)C2CCCN(C(C)=O)C2)CC1. The molecule has 2 rings (SSSR count). The largest absolute Gasteiger partial charge is 0.342 e. The predicted molar refractivity (Wildman–Crippen MR) is 82.8 cm³/mol. The average molecular weight is 295 g/mol. The van der Waals surface area contributed by atoms with Gasteiger partial charge in [-0.1, -0.05) is 6.92 Å². The third-order valence-electron chi connectivity index (χ3n) is 4.83. The van der Waals surface area contributed by atoms with E-state index in [4.69, 9.17) is 0 Å². The maximum atomic E-state index is 12.6. The molecule has 0 saturated carbocycles. The van der Waals surface area contributed by atoms with Crippen molar-refractivity contribution in [3.63, 3.8) is 0 Å². The lowest BCUT2D eigenvalue weighted by molar-refractivity contribution is -0.141. The van der Waals surface area contributed by atoms with Gasteiger partial charge in [-0.05, 0) is 44.7 Å². The lowest BCUT2D eigenvalue weighted by atomic mass is 9.92. The zero-order chi connectivity index (χ0) is 15.2. The fourth-order valence-corrected chi connectivity index (χ4v) is 3.43. The summed E-state index contributed by atoms with van der Waals surface area (Å²) in [6.07, 6.45) is 4.08. The van der Waals surface area contributed by atoms with E-state index in [1.54, 1.807) is 6.92 Å². The van der Waals surface area contributed by atoms with E-state index in [2.05, 4.69) is 12.2 Å². The van der Waals surface area contributed by atoms with Crippen molar-refractivity contribution in [1.29, 1.82) is 0 Å². The molecule has 0 spiro atoms. The molecular formula is C16H29N3O2. The van der Waals surface area contributed by atoms with Crippen molar-refractivity contribution in [2.75, 3.05) is 39.3 Å². The lowest BCUT2D eigenvalue weighted by Gasteiger charge is -2.37. The number of carbonyl (C=O) groups is 2. The number of piperidine rings is 2. The van der Waals surface area contributed by atoms with Crippen LogP contribution < -0.4 is 5.32 Å². The van der Waals surface area contributed by atoms with Crippen LogP contribution in [0.3, 0.4) is 0 Å². The number of likely N-dealkylation sites (tertiary alicyclic amines) is 2. The molecule has 2 heterocycles. The first-order valence-electron chi connectivity index (χ1n) is 8.36. The Morgan fingerprint density at radius 2 is 1.81 bits per heavy atom. The van der Waals surface area contributed by atoms with Crippen molar-refractivity contribution < 1.29 is 9.59 Å². The Labute approximate surface area is 128 Å². The van der Waals surface area contributed by atoms with Gasteiger partial charge in [0.25, 0.3) is 0 Å². The smallest absolute Gasteiger partial charge is 0.227 e. The molecule has 2 aliphatic rings. The molecule has 1 atom stereocenters. The lowest BCUT2D eigenvalue weighted by Crippen LogP contribution is -2.48. The maximum Gasteiger partial charge on any atom is 0.227 e. The maximum absolute atomic E-state index is 12.6. The van der Waals surface area contributed by atoms with Gasteiger partial charge in [0.2, 0.25) is 11.8 Å². The quantitative estimate of drug-likeness (QED) is 0.845. The van der Waals surface area contributed by atoms with Gasteiger partial charge in [0.15, 0.2) is 0 Å². The molecule has 5 heteroatoms. The van der Waals surface area contributed by atoms with Crippen molar-refractivity contribution in [1.82, 2.24) is 15.1 Å². The minimum atomic E-state index is 0.0213. The van der Waals surface area contributed by atoms with Crippen LogP contribution in [0.25, 0.3) is 0 Å². The van der Waals surface area contributed by atoms with Crippen LogP contribution in [0.2, 0.25) is 0 Å². The summed E-state index contributed by atoms with van der Waals surface area (Å²) >= 11 is 0. The Hall–Kier alpha value is -1.10. The molecule has 0 aromatic heterocycles. The van der Waals surface area contributed by atoms with E-state index >= 15 is 0 Å². The molecule has 0 aromatic carbocycles. The van der Waals surface area contributed by atoms with Gasteiger partial charge in [0.1, 0.15) is 0 Å². The molecular weight excluding hydrogens is 266 g/mol. The molecule has 2 aliphatic heterocycles. The van der Waals surface area contributed by atoms with Crippen molar-refractivity contribution in [2.24, 2.45) is 11.8 Å². The number of rotatable bonds is 4. The molecule has 120 valence electrons. The Bertz CT molecular complexity index is 365. The van der Waals surface area contributed by atoms with Crippen LogP contribution in [0.1, 0.15) is 39.5 Å². The summed E-state index contributed by atoms with van der Waals surface area (Å²) in [4.78, 5) is 27.9. The van der Waals surface area contributed by atoms with Crippen molar-refractivity contribution in [3.05, 3.63) is 0 Å². The first-order valence-corrected chi connectivity index (χ1v) is 8.36. The van der Waals surface area contributed by atoms with E-state index in [-0.39, 0.29) is 17.7 Å². The summed E-state index contributed by atoms with van der Waals surface area (Å²) < 4.78 is 0. The minimum Gasteiger partial charge on any atom is -0.342 e. The highest BCUT2D eigenvalue weighted by Crippen LogP contribution is 2.23. The Morgan fingerprint density at radius 1 is 1.10 bits per heavy atom. The predicted octanol–water partition coefficient (Wildman–Crippen LogP) is 1.09. The van der Waals surface area contributed by atoms with Crippen molar-refractivity contribution >= 4 is 11.8 Å². The summed E-state index contributed by atoms with van der Waals surface area (Å²) in [7, 11) is 0. The van der Waals surface area contributed by atoms with E-state index in [1.165, 1.54) is 0 Å². The molecule has 0 aliphatic carbocycles. The second-order valence-electron chi connectivity index (χ2n) is 6.38. The molecule has 5 nitrogen and oxygen atoms in total. The molecule has 2 saturated heterocycles. The van der Waals surface area contributed by atoms with Crippen LogP contribution in [0.15, 0.2) is 0 Å².